The third-order valence-electron chi connectivity index (χ3n) is 2.32. The number of aromatic nitrogens is 1. The van der Waals surface area contributed by atoms with Crippen LogP contribution in [0.5, 0.6) is 0 Å². The molecule has 0 radical (unpaired) electrons. The van der Waals surface area contributed by atoms with E-state index in [1.54, 1.807) is 18.3 Å². The molecule has 2 N–H and O–H groups in total. The van der Waals surface area contributed by atoms with E-state index in [9.17, 15) is 4.79 Å². The number of carbonyl (C=O) groups is 1. The second-order valence-electron chi connectivity index (χ2n) is 3.63. The molecule has 0 atom stereocenters. The predicted octanol–water partition coefficient (Wildman–Crippen LogP) is 2.76. The Balaban J connectivity index is 2.19. The lowest BCUT2D eigenvalue weighted by Gasteiger charge is -2.09. The molecule has 17 heavy (non-hydrogen) atoms. The highest BCUT2D eigenvalue weighted by atomic mass is 32.1. The Morgan fingerprint density at radius 2 is 2.35 bits per heavy atom. The van der Waals surface area contributed by atoms with Crippen molar-refractivity contribution in [2.24, 2.45) is 0 Å². The molecule has 1 aromatic heterocycles. The zero-order chi connectivity index (χ0) is 12.3. The van der Waals surface area contributed by atoms with Crippen molar-refractivity contribution >= 4 is 23.0 Å². The molecule has 0 unspecified atom stereocenters. The van der Waals surface area contributed by atoms with Gasteiger partial charge in [0.1, 0.15) is 5.01 Å². The molecule has 4 nitrogen and oxygen atoms in total. The van der Waals surface area contributed by atoms with Crippen molar-refractivity contribution in [1.29, 1.82) is 0 Å². The average Bonchev–Trinajstić information content (AvgIpc) is 2.78. The standard InChI is InChI=1S/C12H12N2O2S/c1-8-2-3-9(12(15)16)10(6-8)14-7-11-13-4-5-17-11/h2-6,14H,7H2,1H3,(H,15,16). The number of benzene rings is 1. The molecule has 1 heterocycles. The van der Waals surface area contributed by atoms with Crippen LogP contribution in [0.4, 0.5) is 5.69 Å². The summed E-state index contributed by atoms with van der Waals surface area (Å²) in [7, 11) is 0. The normalized spacial score (nSPS) is 10.2. The van der Waals surface area contributed by atoms with Gasteiger partial charge < -0.3 is 10.4 Å². The van der Waals surface area contributed by atoms with Gasteiger partial charge >= 0.3 is 5.97 Å². The van der Waals surface area contributed by atoms with Gasteiger partial charge in [0.2, 0.25) is 0 Å². The molecule has 88 valence electrons. The number of anilines is 1. The van der Waals surface area contributed by atoms with Gasteiger partial charge in [0.05, 0.1) is 12.1 Å². The summed E-state index contributed by atoms with van der Waals surface area (Å²) < 4.78 is 0. The number of aromatic carboxylic acids is 1. The zero-order valence-corrected chi connectivity index (χ0v) is 10.1. The molecule has 0 spiro atoms. The summed E-state index contributed by atoms with van der Waals surface area (Å²) in [5.41, 5.74) is 1.94. The van der Waals surface area contributed by atoms with E-state index in [4.69, 9.17) is 5.11 Å². The minimum Gasteiger partial charge on any atom is -0.478 e. The summed E-state index contributed by atoms with van der Waals surface area (Å²) in [4.78, 5) is 15.2. The number of aryl methyl sites for hydroxylation is 1. The van der Waals surface area contributed by atoms with Crippen molar-refractivity contribution in [2.75, 3.05) is 5.32 Å². The fraction of sp³-hybridized carbons (Fsp3) is 0.167. The van der Waals surface area contributed by atoms with E-state index in [2.05, 4.69) is 10.3 Å². The summed E-state index contributed by atoms with van der Waals surface area (Å²) in [6, 6.07) is 5.23. The molecule has 0 aliphatic heterocycles. The Labute approximate surface area is 103 Å². The number of carboxylic acid groups (broad SMARTS) is 1. The van der Waals surface area contributed by atoms with Crippen LogP contribution >= 0.6 is 11.3 Å². The smallest absolute Gasteiger partial charge is 0.337 e. The second-order valence-corrected chi connectivity index (χ2v) is 4.61. The highest BCUT2D eigenvalue weighted by Crippen LogP contribution is 2.19. The predicted molar refractivity (Wildman–Crippen MR) is 67.6 cm³/mol. The first kappa shape index (κ1) is 11.6. The van der Waals surface area contributed by atoms with Crippen LogP contribution in [0, 0.1) is 6.92 Å². The number of carboxylic acids is 1. The topological polar surface area (TPSA) is 62.2 Å². The fourth-order valence-electron chi connectivity index (χ4n) is 1.50. The van der Waals surface area contributed by atoms with Gasteiger partial charge in [-0.15, -0.1) is 11.3 Å². The molecule has 2 rings (SSSR count). The van der Waals surface area contributed by atoms with Gasteiger partial charge in [0.15, 0.2) is 0 Å². The highest BCUT2D eigenvalue weighted by Gasteiger charge is 2.09. The van der Waals surface area contributed by atoms with Crippen LogP contribution in [0.15, 0.2) is 29.8 Å². The molecule has 0 amide bonds. The largest absolute Gasteiger partial charge is 0.478 e. The monoisotopic (exact) mass is 248 g/mol. The van der Waals surface area contributed by atoms with Crippen LogP contribution in [-0.2, 0) is 6.54 Å². The van der Waals surface area contributed by atoms with Crippen LogP contribution in [0.3, 0.4) is 0 Å². The summed E-state index contributed by atoms with van der Waals surface area (Å²) in [5, 5.41) is 15.0. The Hall–Kier alpha value is -1.88. The maximum absolute atomic E-state index is 11.0. The van der Waals surface area contributed by atoms with Crippen molar-refractivity contribution in [3.63, 3.8) is 0 Å². The van der Waals surface area contributed by atoms with Gasteiger partial charge in [-0.3, -0.25) is 0 Å². The minimum atomic E-state index is -0.924. The fourth-order valence-corrected chi connectivity index (χ4v) is 2.06. The molecule has 0 aliphatic rings. The van der Waals surface area contributed by atoms with Crippen LogP contribution in [0.1, 0.15) is 20.9 Å². The number of hydrogen-bond donors (Lipinski definition) is 2. The van der Waals surface area contributed by atoms with E-state index in [0.717, 1.165) is 10.6 Å². The molecular weight excluding hydrogens is 236 g/mol. The van der Waals surface area contributed by atoms with E-state index in [1.165, 1.54) is 11.3 Å². The quantitative estimate of drug-likeness (QED) is 0.873. The van der Waals surface area contributed by atoms with E-state index < -0.39 is 5.97 Å². The number of rotatable bonds is 4. The van der Waals surface area contributed by atoms with Crippen LogP contribution in [0.2, 0.25) is 0 Å². The summed E-state index contributed by atoms with van der Waals surface area (Å²) in [6.45, 7) is 2.47. The molecule has 0 fully saturated rings. The molecule has 5 heteroatoms. The molecule has 2 aromatic rings. The van der Waals surface area contributed by atoms with Crippen molar-refractivity contribution in [1.82, 2.24) is 4.98 Å². The van der Waals surface area contributed by atoms with Gasteiger partial charge in [-0.05, 0) is 24.6 Å². The maximum Gasteiger partial charge on any atom is 0.337 e. The van der Waals surface area contributed by atoms with E-state index in [0.29, 0.717) is 12.2 Å². The molecular formula is C12H12N2O2S. The highest BCUT2D eigenvalue weighted by molar-refractivity contribution is 7.09. The van der Waals surface area contributed by atoms with Crippen LogP contribution in [0.25, 0.3) is 0 Å². The number of nitrogens with zero attached hydrogens (tertiary/aromatic N) is 1. The van der Waals surface area contributed by atoms with Crippen molar-refractivity contribution < 1.29 is 9.90 Å². The SMILES string of the molecule is Cc1ccc(C(=O)O)c(NCc2nccs2)c1. The van der Waals surface area contributed by atoms with Gasteiger partial charge in [-0.25, -0.2) is 9.78 Å². The van der Waals surface area contributed by atoms with Gasteiger partial charge in [-0.2, -0.15) is 0 Å². The summed E-state index contributed by atoms with van der Waals surface area (Å²) in [5.74, 6) is -0.924. The Bertz CT molecular complexity index is 523. The lowest BCUT2D eigenvalue weighted by atomic mass is 10.1. The summed E-state index contributed by atoms with van der Waals surface area (Å²) in [6.07, 6.45) is 1.73. The molecule has 0 aliphatic carbocycles. The van der Waals surface area contributed by atoms with Gasteiger partial charge in [-0.1, -0.05) is 6.07 Å². The van der Waals surface area contributed by atoms with Gasteiger partial charge in [0, 0.05) is 17.3 Å². The molecule has 0 saturated carbocycles. The van der Waals surface area contributed by atoms with Crippen LogP contribution in [-0.4, -0.2) is 16.1 Å². The number of nitrogens with one attached hydrogen (secondary N) is 1. The number of thiazole rings is 1. The molecule has 1 aromatic carbocycles. The van der Waals surface area contributed by atoms with E-state index in [-0.39, 0.29) is 5.56 Å². The molecule has 0 saturated heterocycles. The maximum atomic E-state index is 11.0. The molecule has 0 bridgehead atoms. The third kappa shape index (κ3) is 2.82. The van der Waals surface area contributed by atoms with Crippen molar-refractivity contribution in [3.05, 3.63) is 45.9 Å². The minimum absolute atomic E-state index is 0.284. The average molecular weight is 248 g/mol. The zero-order valence-electron chi connectivity index (χ0n) is 9.30. The van der Waals surface area contributed by atoms with Crippen molar-refractivity contribution in [2.45, 2.75) is 13.5 Å². The lowest BCUT2D eigenvalue weighted by molar-refractivity contribution is 0.0698. The second kappa shape index (κ2) is 4.97. The summed E-state index contributed by atoms with van der Waals surface area (Å²) >= 11 is 1.54. The first-order valence-corrected chi connectivity index (χ1v) is 6.01. The number of hydrogen-bond acceptors (Lipinski definition) is 4. The van der Waals surface area contributed by atoms with E-state index in [1.807, 2.05) is 18.4 Å². The Morgan fingerprint density at radius 3 is 3.00 bits per heavy atom. The third-order valence-corrected chi connectivity index (χ3v) is 3.10. The van der Waals surface area contributed by atoms with E-state index >= 15 is 0 Å². The Morgan fingerprint density at radius 1 is 1.53 bits per heavy atom. The Kier molecular flexibility index (Phi) is 3.39. The first-order valence-electron chi connectivity index (χ1n) is 5.13. The van der Waals surface area contributed by atoms with Gasteiger partial charge in [0.25, 0.3) is 0 Å². The van der Waals surface area contributed by atoms with Crippen molar-refractivity contribution in [3.8, 4) is 0 Å². The lowest BCUT2D eigenvalue weighted by Crippen LogP contribution is -2.06. The van der Waals surface area contributed by atoms with Crippen LogP contribution < -0.4 is 5.32 Å². The first-order chi connectivity index (χ1) is 8.16.